The summed E-state index contributed by atoms with van der Waals surface area (Å²) in [6.45, 7) is 16.2. The molecule has 202 valence electrons. The molecule has 2 aliphatic rings. The van der Waals surface area contributed by atoms with Gasteiger partial charge in [0.2, 0.25) is 0 Å². The van der Waals surface area contributed by atoms with Crippen LogP contribution < -0.4 is 5.84 Å². The lowest BCUT2D eigenvalue weighted by Gasteiger charge is -2.33. The maximum atomic E-state index is 6.45. The van der Waals surface area contributed by atoms with Gasteiger partial charge >= 0.3 is 0 Å². The molecular weight excluding hydrogens is 470 g/mol. The van der Waals surface area contributed by atoms with Crippen molar-refractivity contribution in [2.75, 3.05) is 33.4 Å². The predicted octanol–water partition coefficient (Wildman–Crippen LogP) is 6.16. The quantitative estimate of drug-likeness (QED) is 0.207. The Bertz CT molecular complexity index is 1120. The molecule has 38 heavy (non-hydrogen) atoms. The number of hydrogen-bond donors (Lipinski definition) is 1. The fraction of sp³-hybridized carbons (Fsp3) is 0.375. The fourth-order valence-corrected chi connectivity index (χ4v) is 4.54. The second-order valence-corrected chi connectivity index (χ2v) is 10.1. The van der Waals surface area contributed by atoms with Gasteiger partial charge in [-0.05, 0) is 81.3 Å². The van der Waals surface area contributed by atoms with Gasteiger partial charge in [-0.1, -0.05) is 60.7 Å². The number of allylic oxidation sites excluding steroid dienone is 6. The lowest BCUT2D eigenvalue weighted by Crippen LogP contribution is -2.37. The highest BCUT2D eigenvalue weighted by Gasteiger charge is 2.20. The van der Waals surface area contributed by atoms with Gasteiger partial charge in [0.25, 0.3) is 0 Å². The van der Waals surface area contributed by atoms with Crippen LogP contribution in [0.5, 0.6) is 0 Å². The standard InChI is InChI=1S/C32H43N5O/c1-6-27(23-36-18-16-29(17-19-36)24-38-5)13-12-26(4)21-35-32-30(15-14-28-10-8-7-9-11-28)22-34-31(37(32)33)20-25(2)3/h6-12,14-15,20-22,27,29H,1-2,13,16-19,23-24,33H2,3-5H3/b15-14+,26-12+,31-20-,35-21+. The molecule has 3 rings (SSSR count). The molecule has 1 unspecified atom stereocenters. The number of methoxy groups -OCH3 is 1. The summed E-state index contributed by atoms with van der Waals surface area (Å²) in [7, 11) is 1.79. The lowest BCUT2D eigenvalue weighted by atomic mass is 9.96. The first-order valence-electron chi connectivity index (χ1n) is 13.4. The molecule has 1 saturated heterocycles. The number of benzene rings is 1. The van der Waals surface area contributed by atoms with E-state index in [4.69, 9.17) is 15.6 Å². The van der Waals surface area contributed by atoms with E-state index < -0.39 is 0 Å². The first-order valence-corrected chi connectivity index (χ1v) is 13.4. The van der Waals surface area contributed by atoms with Crippen LogP contribution in [0.3, 0.4) is 0 Å². The van der Waals surface area contributed by atoms with Crippen molar-refractivity contribution in [1.82, 2.24) is 9.91 Å². The van der Waals surface area contributed by atoms with Crippen LogP contribution in [0, 0.1) is 11.8 Å². The Morgan fingerprint density at radius 1 is 1.21 bits per heavy atom. The number of piperidine rings is 1. The van der Waals surface area contributed by atoms with E-state index in [2.05, 4.69) is 54.3 Å². The molecule has 2 N–H and O–H groups in total. The number of likely N-dealkylation sites (tertiary alicyclic amines) is 1. The molecule has 0 saturated carbocycles. The van der Waals surface area contributed by atoms with Crippen LogP contribution in [0.25, 0.3) is 6.08 Å². The van der Waals surface area contributed by atoms with Crippen LogP contribution in [0.15, 0.2) is 106 Å². The zero-order chi connectivity index (χ0) is 27.3. The van der Waals surface area contributed by atoms with Gasteiger partial charge in [0.1, 0.15) is 5.82 Å². The second kappa shape index (κ2) is 15.2. The molecule has 0 bridgehead atoms. The summed E-state index contributed by atoms with van der Waals surface area (Å²) in [5.41, 5.74) is 3.88. The normalized spacial score (nSPS) is 19.7. The van der Waals surface area contributed by atoms with E-state index in [0.717, 1.165) is 54.9 Å². The van der Waals surface area contributed by atoms with Gasteiger partial charge in [0, 0.05) is 38.3 Å². The van der Waals surface area contributed by atoms with E-state index in [1.165, 1.54) is 17.9 Å². The number of rotatable bonds is 12. The number of nitrogens with two attached hydrogens (primary N) is 1. The predicted molar refractivity (Wildman–Crippen MR) is 162 cm³/mol. The molecule has 1 fully saturated rings. The van der Waals surface area contributed by atoms with Gasteiger partial charge in [0.15, 0.2) is 5.82 Å². The Morgan fingerprint density at radius 3 is 2.61 bits per heavy atom. The minimum atomic E-state index is 0.402. The summed E-state index contributed by atoms with van der Waals surface area (Å²) in [6.07, 6.45) is 17.2. The van der Waals surface area contributed by atoms with Crippen molar-refractivity contribution in [3.8, 4) is 0 Å². The Balaban J connectivity index is 1.70. The van der Waals surface area contributed by atoms with Crippen LogP contribution in [-0.2, 0) is 4.74 Å². The number of aliphatic imine (C=N–C) groups is 2. The molecule has 2 heterocycles. The Kier molecular flexibility index (Phi) is 11.7. The molecule has 6 heteroatoms. The monoisotopic (exact) mass is 513 g/mol. The van der Waals surface area contributed by atoms with Crippen molar-refractivity contribution in [3.63, 3.8) is 0 Å². The van der Waals surface area contributed by atoms with Crippen LogP contribution in [-0.4, -0.2) is 55.7 Å². The second-order valence-electron chi connectivity index (χ2n) is 10.1. The van der Waals surface area contributed by atoms with Gasteiger partial charge in [-0.25, -0.2) is 20.8 Å². The lowest BCUT2D eigenvalue weighted by molar-refractivity contribution is 0.0955. The smallest absolute Gasteiger partial charge is 0.157 e. The first-order chi connectivity index (χ1) is 18.4. The largest absolute Gasteiger partial charge is 0.384 e. The summed E-state index contributed by atoms with van der Waals surface area (Å²) in [6, 6.07) is 10.1. The molecule has 0 amide bonds. The van der Waals surface area contributed by atoms with E-state index in [1.807, 2.05) is 49.6 Å². The maximum absolute atomic E-state index is 6.45. The molecule has 0 aromatic heterocycles. The summed E-state index contributed by atoms with van der Waals surface area (Å²) >= 11 is 0. The van der Waals surface area contributed by atoms with Crippen molar-refractivity contribution < 1.29 is 4.74 Å². The van der Waals surface area contributed by atoms with Crippen LogP contribution in [0.2, 0.25) is 0 Å². The maximum Gasteiger partial charge on any atom is 0.157 e. The minimum absolute atomic E-state index is 0.402. The van der Waals surface area contributed by atoms with Crippen molar-refractivity contribution in [1.29, 1.82) is 0 Å². The van der Waals surface area contributed by atoms with Crippen molar-refractivity contribution in [3.05, 3.63) is 102 Å². The highest BCUT2D eigenvalue weighted by molar-refractivity contribution is 5.88. The third-order valence-electron chi connectivity index (χ3n) is 6.77. The van der Waals surface area contributed by atoms with Crippen LogP contribution in [0.4, 0.5) is 0 Å². The molecule has 2 aliphatic heterocycles. The van der Waals surface area contributed by atoms with E-state index >= 15 is 0 Å². The molecule has 6 nitrogen and oxygen atoms in total. The Hall–Kier alpha value is -3.32. The van der Waals surface area contributed by atoms with Gasteiger partial charge in [0.05, 0.1) is 0 Å². The van der Waals surface area contributed by atoms with E-state index in [-0.39, 0.29) is 0 Å². The summed E-state index contributed by atoms with van der Waals surface area (Å²) in [5, 5.41) is 1.52. The molecule has 0 aliphatic carbocycles. The average Bonchev–Trinajstić information content (AvgIpc) is 2.92. The number of hydrazine groups is 1. The van der Waals surface area contributed by atoms with Crippen molar-refractivity contribution >= 4 is 18.5 Å². The van der Waals surface area contributed by atoms with Crippen LogP contribution >= 0.6 is 0 Å². The average molecular weight is 514 g/mol. The van der Waals surface area contributed by atoms with E-state index in [1.54, 1.807) is 13.3 Å². The number of hydrogen-bond acceptors (Lipinski definition) is 6. The van der Waals surface area contributed by atoms with Crippen molar-refractivity contribution in [2.24, 2.45) is 27.7 Å². The summed E-state index contributed by atoms with van der Waals surface area (Å²) in [4.78, 5) is 11.9. The zero-order valence-corrected chi connectivity index (χ0v) is 23.2. The molecule has 1 atom stereocenters. The van der Waals surface area contributed by atoms with E-state index in [9.17, 15) is 0 Å². The summed E-state index contributed by atoms with van der Waals surface area (Å²) < 4.78 is 5.33. The zero-order valence-electron chi connectivity index (χ0n) is 23.2. The number of nitrogens with zero attached hydrogens (tertiary/aromatic N) is 4. The van der Waals surface area contributed by atoms with Gasteiger partial charge in [-0.15, -0.1) is 6.58 Å². The molecule has 0 spiro atoms. The SMILES string of the molecule is C=CC(C/C=C(C)/C=N/C1=C(/C=C/c2ccccc2)C=N/C(=C/C(=C)C)N1N)CN1CCC(COC)CC1. The fourth-order valence-electron chi connectivity index (χ4n) is 4.54. The van der Waals surface area contributed by atoms with Gasteiger partial charge in [-0.2, -0.15) is 0 Å². The van der Waals surface area contributed by atoms with Crippen molar-refractivity contribution in [2.45, 2.75) is 33.1 Å². The molecule has 1 aromatic carbocycles. The first kappa shape index (κ1) is 29.2. The third-order valence-corrected chi connectivity index (χ3v) is 6.77. The highest BCUT2D eigenvalue weighted by Crippen LogP contribution is 2.23. The van der Waals surface area contributed by atoms with E-state index in [0.29, 0.717) is 23.5 Å². The molecule has 0 radical (unpaired) electrons. The Labute approximate surface area is 229 Å². The minimum Gasteiger partial charge on any atom is -0.384 e. The summed E-state index contributed by atoms with van der Waals surface area (Å²) in [5.74, 6) is 8.78. The topological polar surface area (TPSA) is 66.5 Å². The molecule has 1 aromatic rings. The van der Waals surface area contributed by atoms with Crippen LogP contribution in [0.1, 0.15) is 38.7 Å². The third kappa shape index (κ3) is 9.21. The highest BCUT2D eigenvalue weighted by atomic mass is 16.5. The Morgan fingerprint density at radius 2 is 1.95 bits per heavy atom. The van der Waals surface area contributed by atoms with Gasteiger partial charge < -0.3 is 9.64 Å². The van der Waals surface area contributed by atoms with Gasteiger partial charge in [-0.3, -0.25) is 0 Å². The molecular formula is C32H43N5O. The number of ether oxygens (including phenoxy) is 1.